The van der Waals surface area contributed by atoms with Crippen LogP contribution in [0.2, 0.25) is 0 Å². The monoisotopic (exact) mass is 846 g/mol. The van der Waals surface area contributed by atoms with E-state index in [-0.39, 0.29) is 35.7 Å². The number of carboxylic acids is 1. The summed E-state index contributed by atoms with van der Waals surface area (Å²) in [6.07, 6.45) is 10.2. The Morgan fingerprint density at radius 3 is 2.11 bits per heavy atom. The van der Waals surface area contributed by atoms with Crippen LogP contribution in [-0.2, 0) is 46.0 Å². The number of carboxylic acid groups (broad SMARTS) is 1. The highest BCUT2D eigenvalue weighted by molar-refractivity contribution is 7.86. The molecule has 3 aliphatic rings. The molecule has 2 aliphatic heterocycles. The zero-order chi connectivity index (χ0) is 42.1. The lowest BCUT2D eigenvalue weighted by molar-refractivity contribution is -0.439. The fourth-order valence-electron chi connectivity index (χ4n) is 8.09. The molecule has 57 heavy (non-hydrogen) atoms. The van der Waals surface area contributed by atoms with E-state index >= 15 is 0 Å². The van der Waals surface area contributed by atoms with Crippen LogP contribution in [0, 0.1) is 0 Å². The molecule has 1 aliphatic carbocycles. The summed E-state index contributed by atoms with van der Waals surface area (Å²) in [5.74, 6) is -1.46. The van der Waals surface area contributed by atoms with Crippen LogP contribution in [0.5, 0.6) is 0 Å². The highest BCUT2D eigenvalue weighted by Gasteiger charge is 2.46. The Balaban J connectivity index is 1.58. The Morgan fingerprint density at radius 1 is 0.860 bits per heavy atom. The summed E-state index contributed by atoms with van der Waals surface area (Å²) in [6, 6.07) is 8.94. The number of hydrogen-bond donors (Lipinski definition) is 4. The van der Waals surface area contributed by atoms with Crippen molar-refractivity contribution in [3.63, 3.8) is 0 Å². The zero-order valence-corrected chi connectivity index (χ0v) is 35.3. The Labute approximate surface area is 335 Å². The largest absolute Gasteiger partial charge is 0.481 e. The third-order valence-corrected chi connectivity index (χ3v) is 13.5. The number of hydrogen-bond acceptors (Lipinski definition) is 9. The van der Waals surface area contributed by atoms with Gasteiger partial charge in [-0.15, -0.1) is 0 Å². The molecule has 2 aromatic carbocycles. The molecule has 0 atom stereocenters. The summed E-state index contributed by atoms with van der Waals surface area (Å²) >= 11 is 0. The standard InChI is InChI=1S/C40H51N3O11S3/c1-6-7-22-42-33-16-14-29(56(49,50)51)25-31(33)39(2,3)35(42)18-12-27-10-8-11-28(38(27)41-21-20-37(44)45)13-19-36-40(4,5)32-26-30(57(52,53)54)15-17-34(32)43(36)23-9-24-55(46,47)48/h12-18,25-26H,6-11,19-24H2,1-5H3,(H3-,44,45,46,47,48,49,50,51,52,53,54)/p+1/b27-12+,28-13+,35-18+,41-38?. The van der Waals surface area contributed by atoms with Gasteiger partial charge < -0.3 is 10.0 Å². The summed E-state index contributed by atoms with van der Waals surface area (Å²) in [5, 5.41) is 9.46. The lowest BCUT2D eigenvalue weighted by Gasteiger charge is -2.27. The fourth-order valence-corrected chi connectivity index (χ4v) is 9.59. The third-order valence-electron chi connectivity index (χ3n) is 11.0. The van der Waals surface area contributed by atoms with E-state index in [9.17, 15) is 48.8 Å². The third kappa shape index (κ3) is 9.83. The number of aliphatic imine (C=N–C) groups is 1. The van der Waals surface area contributed by atoms with Gasteiger partial charge in [-0.3, -0.25) is 23.4 Å². The molecule has 4 N–H and O–H groups in total. The van der Waals surface area contributed by atoms with Crippen LogP contribution >= 0.6 is 0 Å². The number of carbonyl (C=O) groups is 1. The average molecular weight is 847 g/mol. The number of aliphatic carboxylic acids is 1. The molecule has 0 amide bonds. The van der Waals surface area contributed by atoms with Crippen LogP contribution in [0.1, 0.15) is 97.1 Å². The first-order valence-electron chi connectivity index (χ1n) is 18.9. The predicted molar refractivity (Wildman–Crippen MR) is 219 cm³/mol. The van der Waals surface area contributed by atoms with E-state index in [1.54, 1.807) is 12.1 Å². The maximum Gasteiger partial charge on any atom is 0.305 e. The summed E-state index contributed by atoms with van der Waals surface area (Å²) in [5.41, 5.74) is 5.71. The van der Waals surface area contributed by atoms with Crippen molar-refractivity contribution in [1.82, 2.24) is 0 Å². The van der Waals surface area contributed by atoms with Gasteiger partial charge in [0.2, 0.25) is 5.69 Å². The molecule has 2 aromatic rings. The molecule has 2 heterocycles. The zero-order valence-electron chi connectivity index (χ0n) is 32.9. The highest BCUT2D eigenvalue weighted by atomic mass is 32.2. The molecule has 0 radical (unpaired) electrons. The maximum atomic E-state index is 12.1. The smallest absolute Gasteiger partial charge is 0.305 e. The van der Waals surface area contributed by atoms with Crippen LogP contribution in [0.25, 0.3) is 0 Å². The SMILES string of the molecule is CCCCN1/C(=C/C=C2\CCC/C(=C\CC3=[N+](CCCS(=O)(=O)O)c4ccc(S(=O)(=O)O)cc4C3(C)C)C2=NCCC(=O)O)C(C)(C)c2cc(S(=O)(=O)O)ccc21. The van der Waals surface area contributed by atoms with Crippen molar-refractivity contribution in [3.05, 3.63) is 82.6 Å². The van der Waals surface area contributed by atoms with Crippen LogP contribution < -0.4 is 4.90 Å². The number of fused-ring (bicyclic) bond motifs is 2. The summed E-state index contributed by atoms with van der Waals surface area (Å²) in [6.45, 7) is 10.9. The lowest BCUT2D eigenvalue weighted by Crippen LogP contribution is -2.30. The highest BCUT2D eigenvalue weighted by Crippen LogP contribution is 2.49. The van der Waals surface area contributed by atoms with Gasteiger partial charge in [-0.1, -0.05) is 39.3 Å². The fraction of sp³-hybridized carbons (Fsp3) is 0.475. The molecule has 0 saturated heterocycles. The molecule has 0 aromatic heterocycles. The second kappa shape index (κ2) is 16.7. The first-order valence-corrected chi connectivity index (χ1v) is 23.4. The van der Waals surface area contributed by atoms with Crippen molar-refractivity contribution in [2.75, 3.05) is 30.3 Å². The van der Waals surface area contributed by atoms with Crippen molar-refractivity contribution < 1.29 is 53.4 Å². The molecule has 0 unspecified atom stereocenters. The Kier molecular flexibility index (Phi) is 12.9. The molecular formula is C40H52N3O11S3+. The molecule has 0 bridgehead atoms. The van der Waals surface area contributed by atoms with Gasteiger partial charge in [-0.05, 0) is 92.6 Å². The van der Waals surface area contributed by atoms with Gasteiger partial charge in [0.15, 0.2) is 5.71 Å². The van der Waals surface area contributed by atoms with E-state index < -0.39 is 52.9 Å². The van der Waals surface area contributed by atoms with E-state index in [2.05, 4.69) is 11.8 Å². The van der Waals surface area contributed by atoms with Crippen LogP contribution in [0.4, 0.5) is 11.4 Å². The minimum Gasteiger partial charge on any atom is -0.481 e. The molecule has 5 rings (SSSR count). The van der Waals surface area contributed by atoms with Crippen molar-refractivity contribution in [1.29, 1.82) is 0 Å². The summed E-state index contributed by atoms with van der Waals surface area (Å²) in [7, 11) is -13.2. The van der Waals surface area contributed by atoms with Crippen LogP contribution in [0.15, 0.2) is 86.3 Å². The number of rotatable bonds is 15. The molecule has 0 spiro atoms. The predicted octanol–water partition coefficient (Wildman–Crippen LogP) is 6.66. The van der Waals surface area contributed by atoms with Crippen molar-refractivity contribution in [2.45, 2.75) is 107 Å². The topological polar surface area (TPSA) is 219 Å². The van der Waals surface area contributed by atoms with Gasteiger partial charge in [0.1, 0.15) is 6.54 Å². The van der Waals surface area contributed by atoms with E-state index in [0.717, 1.165) is 53.1 Å². The minimum absolute atomic E-state index is 0.0432. The van der Waals surface area contributed by atoms with Gasteiger partial charge in [0.25, 0.3) is 30.4 Å². The first kappa shape index (κ1) is 44.1. The van der Waals surface area contributed by atoms with E-state index in [0.29, 0.717) is 42.8 Å². The Morgan fingerprint density at radius 2 is 1.49 bits per heavy atom. The van der Waals surface area contributed by atoms with Crippen molar-refractivity contribution in [3.8, 4) is 0 Å². The summed E-state index contributed by atoms with van der Waals surface area (Å²) in [4.78, 5) is 18.1. The molecular weight excluding hydrogens is 795 g/mol. The number of anilines is 1. The minimum atomic E-state index is -4.51. The van der Waals surface area contributed by atoms with E-state index in [1.165, 1.54) is 24.3 Å². The van der Waals surface area contributed by atoms with Crippen LogP contribution in [-0.4, -0.2) is 91.4 Å². The second-order valence-corrected chi connectivity index (χ2v) is 20.1. The van der Waals surface area contributed by atoms with Gasteiger partial charge in [-0.25, -0.2) is 0 Å². The Bertz CT molecular complexity index is 2440. The second-order valence-electron chi connectivity index (χ2n) is 15.7. The number of nitrogens with zero attached hydrogens (tertiary/aromatic N) is 3. The van der Waals surface area contributed by atoms with Crippen molar-refractivity contribution >= 4 is 59.1 Å². The van der Waals surface area contributed by atoms with Crippen LogP contribution in [0.3, 0.4) is 0 Å². The van der Waals surface area contributed by atoms with Crippen molar-refractivity contribution in [2.24, 2.45) is 4.99 Å². The lowest BCUT2D eigenvalue weighted by atomic mass is 9.79. The number of allylic oxidation sites excluding steroid dienone is 6. The first-order chi connectivity index (χ1) is 26.5. The maximum absolute atomic E-state index is 12.1. The summed E-state index contributed by atoms with van der Waals surface area (Å²) < 4.78 is 103. The number of unbranched alkanes of at least 4 members (excludes halogenated alkanes) is 1. The van der Waals surface area contributed by atoms with Gasteiger partial charge in [0.05, 0.1) is 39.6 Å². The molecule has 14 nitrogen and oxygen atoms in total. The Hall–Kier alpha value is -4.00. The van der Waals surface area contributed by atoms with E-state index in [4.69, 9.17) is 4.99 Å². The van der Waals surface area contributed by atoms with Gasteiger partial charge in [-0.2, -0.15) is 29.8 Å². The van der Waals surface area contributed by atoms with Gasteiger partial charge >= 0.3 is 5.97 Å². The molecule has 1 saturated carbocycles. The van der Waals surface area contributed by atoms with E-state index in [1.807, 2.05) is 50.5 Å². The quantitative estimate of drug-likeness (QED) is 0.109. The molecule has 17 heteroatoms. The molecule has 1 fully saturated rings. The normalized spacial score (nSPS) is 20.9. The van der Waals surface area contributed by atoms with Gasteiger partial charge in [0, 0.05) is 47.8 Å². The molecule has 310 valence electrons. The average Bonchev–Trinajstić information content (AvgIpc) is 3.45. The number of benzene rings is 2.